The number of para-hydroxylation sites is 1. The molecule has 0 spiro atoms. The Bertz CT molecular complexity index is 792. The summed E-state index contributed by atoms with van der Waals surface area (Å²) in [5.41, 5.74) is 0.889. The number of nitrogens with zero attached hydrogens (tertiary/aromatic N) is 4. The third-order valence-corrected chi connectivity index (χ3v) is 6.85. The first-order valence-corrected chi connectivity index (χ1v) is 11.5. The monoisotopic (exact) mass is 426 g/mol. The van der Waals surface area contributed by atoms with Crippen molar-refractivity contribution in [3.8, 4) is 5.75 Å². The van der Waals surface area contributed by atoms with Gasteiger partial charge in [-0.1, -0.05) is 24.6 Å². The van der Waals surface area contributed by atoms with Crippen LogP contribution in [0.5, 0.6) is 5.75 Å². The summed E-state index contributed by atoms with van der Waals surface area (Å²) in [6, 6.07) is 8.41. The van der Waals surface area contributed by atoms with Crippen LogP contribution in [0.1, 0.15) is 24.8 Å². The summed E-state index contributed by atoms with van der Waals surface area (Å²) >= 11 is 0. The Morgan fingerprint density at radius 3 is 2.29 bits per heavy atom. The van der Waals surface area contributed by atoms with Gasteiger partial charge < -0.3 is 14.5 Å². The molecule has 3 fully saturated rings. The average molecular weight is 427 g/mol. The minimum absolute atomic E-state index is 0.00370. The Kier molecular flexibility index (Phi) is 7.25. The van der Waals surface area contributed by atoms with E-state index in [0.29, 0.717) is 19.6 Å². The van der Waals surface area contributed by atoms with E-state index in [0.717, 1.165) is 56.6 Å². The highest BCUT2D eigenvalue weighted by Gasteiger charge is 2.30. The Balaban J connectivity index is 1.19. The first-order valence-electron chi connectivity index (χ1n) is 11.5. The molecule has 3 aliphatic rings. The van der Waals surface area contributed by atoms with Gasteiger partial charge in [0.15, 0.2) is 0 Å². The number of amides is 2. The quantitative estimate of drug-likeness (QED) is 0.646. The maximum Gasteiger partial charge on any atom is 0.246 e. The van der Waals surface area contributed by atoms with Crippen LogP contribution >= 0.6 is 0 Å². The maximum absolute atomic E-state index is 12.7. The van der Waals surface area contributed by atoms with Crippen molar-refractivity contribution >= 4 is 17.9 Å². The van der Waals surface area contributed by atoms with Gasteiger partial charge in [0.2, 0.25) is 11.8 Å². The number of methoxy groups -OCH3 is 1. The Hall–Kier alpha value is -2.38. The summed E-state index contributed by atoms with van der Waals surface area (Å²) in [5.74, 6) is 0.983. The second kappa shape index (κ2) is 10.3. The highest BCUT2D eigenvalue weighted by molar-refractivity contribution is 5.92. The van der Waals surface area contributed by atoms with Crippen LogP contribution in [0.3, 0.4) is 0 Å². The van der Waals surface area contributed by atoms with E-state index < -0.39 is 0 Å². The predicted octanol–water partition coefficient (Wildman–Crippen LogP) is 1.55. The second-order valence-corrected chi connectivity index (χ2v) is 8.68. The van der Waals surface area contributed by atoms with Crippen molar-refractivity contribution in [1.82, 2.24) is 19.6 Å². The zero-order chi connectivity index (χ0) is 21.6. The van der Waals surface area contributed by atoms with Crippen molar-refractivity contribution in [2.45, 2.75) is 25.3 Å². The number of hydrogen-bond donors (Lipinski definition) is 0. The van der Waals surface area contributed by atoms with Crippen LogP contribution in [-0.2, 0) is 9.59 Å². The summed E-state index contributed by atoms with van der Waals surface area (Å²) in [4.78, 5) is 33.9. The molecule has 31 heavy (non-hydrogen) atoms. The average Bonchev–Trinajstić information content (AvgIpc) is 2.77. The van der Waals surface area contributed by atoms with Gasteiger partial charge in [-0.2, -0.15) is 0 Å². The van der Waals surface area contributed by atoms with Gasteiger partial charge in [0.25, 0.3) is 0 Å². The maximum atomic E-state index is 12.7. The Morgan fingerprint density at radius 1 is 0.968 bits per heavy atom. The van der Waals surface area contributed by atoms with Gasteiger partial charge in [0.1, 0.15) is 5.75 Å². The minimum Gasteiger partial charge on any atom is -0.496 e. The molecule has 2 amide bonds. The molecular formula is C24H34N4O3. The Morgan fingerprint density at radius 2 is 1.65 bits per heavy atom. The molecule has 0 radical (unpaired) electrons. The molecule has 7 nitrogen and oxygen atoms in total. The first kappa shape index (κ1) is 21.8. The van der Waals surface area contributed by atoms with E-state index in [1.165, 1.54) is 19.3 Å². The molecule has 0 atom stereocenters. The molecule has 1 aromatic rings. The molecule has 168 valence electrons. The summed E-state index contributed by atoms with van der Waals surface area (Å²) in [6.07, 6.45) is 7.42. The molecule has 1 aliphatic carbocycles. The number of rotatable bonds is 6. The van der Waals surface area contributed by atoms with Crippen molar-refractivity contribution in [1.29, 1.82) is 0 Å². The number of carbonyl (C=O) groups is 2. The predicted molar refractivity (Wildman–Crippen MR) is 121 cm³/mol. The van der Waals surface area contributed by atoms with Crippen LogP contribution in [0.2, 0.25) is 0 Å². The summed E-state index contributed by atoms with van der Waals surface area (Å²) in [5, 5.41) is 0. The molecule has 0 bridgehead atoms. The summed E-state index contributed by atoms with van der Waals surface area (Å²) in [7, 11) is 1.63. The van der Waals surface area contributed by atoms with E-state index >= 15 is 0 Å². The van der Waals surface area contributed by atoms with Gasteiger partial charge in [-0.05, 0) is 25.0 Å². The van der Waals surface area contributed by atoms with Crippen molar-refractivity contribution < 1.29 is 14.3 Å². The SMILES string of the molecule is COc1ccccc1/C=C/C(=O)N1CCN(CC(=O)N2CCN(C3CCC3)CC2)CC1. The van der Waals surface area contributed by atoms with Gasteiger partial charge in [-0.25, -0.2) is 0 Å². The van der Waals surface area contributed by atoms with E-state index in [2.05, 4.69) is 9.80 Å². The highest BCUT2D eigenvalue weighted by atomic mass is 16.5. The van der Waals surface area contributed by atoms with Crippen LogP contribution in [0.4, 0.5) is 0 Å². The van der Waals surface area contributed by atoms with E-state index in [1.807, 2.05) is 34.1 Å². The highest BCUT2D eigenvalue weighted by Crippen LogP contribution is 2.25. The molecular weight excluding hydrogens is 392 g/mol. The smallest absolute Gasteiger partial charge is 0.246 e. The number of benzene rings is 1. The van der Waals surface area contributed by atoms with E-state index in [9.17, 15) is 9.59 Å². The molecule has 0 N–H and O–H groups in total. The molecule has 7 heteroatoms. The van der Waals surface area contributed by atoms with Crippen LogP contribution in [0, 0.1) is 0 Å². The van der Waals surface area contributed by atoms with Crippen molar-refractivity contribution in [2.75, 3.05) is 66.0 Å². The molecule has 0 unspecified atom stereocenters. The lowest BCUT2D eigenvalue weighted by Gasteiger charge is -2.43. The van der Waals surface area contributed by atoms with Gasteiger partial charge >= 0.3 is 0 Å². The fraction of sp³-hybridized carbons (Fsp3) is 0.583. The second-order valence-electron chi connectivity index (χ2n) is 8.68. The molecule has 2 heterocycles. The summed E-state index contributed by atoms with van der Waals surface area (Å²) in [6.45, 7) is 6.96. The van der Waals surface area contributed by atoms with E-state index in [1.54, 1.807) is 19.3 Å². The van der Waals surface area contributed by atoms with Crippen molar-refractivity contribution in [2.24, 2.45) is 0 Å². The zero-order valence-corrected chi connectivity index (χ0v) is 18.5. The molecule has 2 saturated heterocycles. The van der Waals surface area contributed by atoms with Crippen molar-refractivity contribution in [3.05, 3.63) is 35.9 Å². The van der Waals surface area contributed by atoms with Gasteiger partial charge in [-0.15, -0.1) is 0 Å². The number of ether oxygens (including phenoxy) is 1. The number of hydrogen-bond acceptors (Lipinski definition) is 5. The van der Waals surface area contributed by atoms with E-state index in [-0.39, 0.29) is 11.8 Å². The molecule has 1 aromatic carbocycles. The largest absolute Gasteiger partial charge is 0.496 e. The van der Waals surface area contributed by atoms with Crippen molar-refractivity contribution in [3.63, 3.8) is 0 Å². The van der Waals surface area contributed by atoms with Gasteiger partial charge in [0.05, 0.1) is 13.7 Å². The molecule has 4 rings (SSSR count). The lowest BCUT2D eigenvalue weighted by molar-refractivity contribution is -0.135. The topological polar surface area (TPSA) is 56.3 Å². The zero-order valence-electron chi connectivity index (χ0n) is 18.5. The molecule has 2 aliphatic heterocycles. The third kappa shape index (κ3) is 5.46. The fourth-order valence-corrected chi connectivity index (χ4v) is 4.58. The Labute approximate surface area is 185 Å². The van der Waals surface area contributed by atoms with Gasteiger partial charge in [0, 0.05) is 70.0 Å². The van der Waals surface area contributed by atoms with Crippen LogP contribution < -0.4 is 4.74 Å². The fourth-order valence-electron chi connectivity index (χ4n) is 4.58. The van der Waals surface area contributed by atoms with Gasteiger partial charge in [-0.3, -0.25) is 19.4 Å². The minimum atomic E-state index is 0.00370. The first-order chi connectivity index (χ1) is 15.1. The third-order valence-electron chi connectivity index (χ3n) is 6.85. The van der Waals surface area contributed by atoms with Crippen LogP contribution in [0.25, 0.3) is 6.08 Å². The summed E-state index contributed by atoms with van der Waals surface area (Å²) < 4.78 is 5.33. The lowest BCUT2D eigenvalue weighted by Crippen LogP contribution is -2.56. The normalized spacial score (nSPS) is 21.3. The van der Waals surface area contributed by atoms with E-state index in [4.69, 9.17) is 4.74 Å². The standard InChI is InChI=1S/C24H34N4O3/c1-31-22-8-3-2-5-20(22)9-10-23(29)27-13-11-25(12-14-27)19-24(30)28-17-15-26(16-18-28)21-6-4-7-21/h2-3,5,8-10,21H,4,6-7,11-19H2,1H3/b10-9+. The van der Waals surface area contributed by atoms with Crippen LogP contribution in [0.15, 0.2) is 30.3 Å². The number of piperazine rings is 2. The van der Waals surface area contributed by atoms with Crippen LogP contribution in [-0.4, -0.2) is 103 Å². The molecule has 0 aromatic heterocycles. The molecule has 1 saturated carbocycles. The lowest BCUT2D eigenvalue weighted by atomic mass is 9.91. The number of carbonyl (C=O) groups excluding carboxylic acids is 2.